The van der Waals surface area contributed by atoms with E-state index in [1.54, 1.807) is 0 Å². The maximum absolute atomic E-state index is 12.5. The van der Waals surface area contributed by atoms with Gasteiger partial charge in [-0.3, -0.25) is 4.79 Å². The summed E-state index contributed by atoms with van der Waals surface area (Å²) in [5.41, 5.74) is 5.07. The van der Waals surface area contributed by atoms with Gasteiger partial charge in [0.05, 0.1) is 4.88 Å². The molecule has 2 N–H and O–H groups in total. The standard InChI is InChI=1S/C19H18N2OS2.C2H6/c1-13-8-16(11-17(9-13)21-23-2)20-19(22)18-10-15(12-24-18)14-6-4-3-5-7-14;1-2/h3-12,21H,1-2H3,(H,20,22);1-2H3. The predicted octanol–water partition coefficient (Wildman–Crippen LogP) is 6.69. The van der Waals surface area contributed by atoms with Crippen molar-refractivity contribution in [2.24, 2.45) is 0 Å². The largest absolute Gasteiger partial charge is 0.330 e. The van der Waals surface area contributed by atoms with E-state index in [9.17, 15) is 4.79 Å². The van der Waals surface area contributed by atoms with E-state index in [-0.39, 0.29) is 5.91 Å². The Bertz CT molecular complexity index is 844. The highest BCUT2D eigenvalue weighted by molar-refractivity contribution is 7.99. The number of benzene rings is 2. The summed E-state index contributed by atoms with van der Waals surface area (Å²) in [6.07, 6.45) is 1.97. The Labute approximate surface area is 164 Å². The first-order valence-electron chi connectivity index (χ1n) is 8.52. The van der Waals surface area contributed by atoms with Crippen LogP contribution in [0.3, 0.4) is 0 Å². The van der Waals surface area contributed by atoms with Crippen molar-refractivity contribution < 1.29 is 4.79 Å². The molecular formula is C21H24N2OS2. The molecule has 2 aromatic carbocycles. The molecule has 1 amide bonds. The second-order valence-corrected chi connectivity index (χ2v) is 6.94. The lowest BCUT2D eigenvalue weighted by molar-refractivity contribution is 0.103. The summed E-state index contributed by atoms with van der Waals surface area (Å²) in [6.45, 7) is 6.01. The Hall–Kier alpha value is -2.24. The van der Waals surface area contributed by atoms with Gasteiger partial charge in [-0.25, -0.2) is 0 Å². The van der Waals surface area contributed by atoms with Crippen molar-refractivity contribution in [2.75, 3.05) is 16.3 Å². The second kappa shape index (κ2) is 10.0. The number of carbonyl (C=O) groups is 1. The van der Waals surface area contributed by atoms with Crippen LogP contribution in [0, 0.1) is 6.92 Å². The second-order valence-electron chi connectivity index (χ2n) is 5.41. The minimum absolute atomic E-state index is 0.0807. The molecule has 0 saturated heterocycles. The molecule has 0 unspecified atom stereocenters. The molecular weight excluding hydrogens is 360 g/mol. The highest BCUT2D eigenvalue weighted by Gasteiger charge is 2.11. The van der Waals surface area contributed by atoms with E-state index < -0.39 is 0 Å². The van der Waals surface area contributed by atoms with Crippen molar-refractivity contribution in [1.29, 1.82) is 0 Å². The maximum Gasteiger partial charge on any atom is 0.265 e. The molecule has 0 saturated carbocycles. The first kappa shape index (κ1) is 20.1. The highest BCUT2D eigenvalue weighted by atomic mass is 32.2. The summed E-state index contributed by atoms with van der Waals surface area (Å²) in [6, 6.07) is 18.0. The van der Waals surface area contributed by atoms with Crippen molar-refractivity contribution >= 4 is 40.6 Å². The van der Waals surface area contributed by atoms with Crippen LogP contribution in [0.1, 0.15) is 29.1 Å². The van der Waals surface area contributed by atoms with Gasteiger partial charge in [0, 0.05) is 17.6 Å². The number of hydrogen-bond acceptors (Lipinski definition) is 4. The third-order valence-corrected chi connectivity index (χ3v) is 4.85. The molecule has 1 aromatic heterocycles. The lowest BCUT2D eigenvalue weighted by Crippen LogP contribution is -2.10. The Morgan fingerprint density at radius 2 is 1.65 bits per heavy atom. The number of nitrogens with one attached hydrogen (secondary N) is 2. The minimum atomic E-state index is -0.0807. The monoisotopic (exact) mass is 384 g/mol. The van der Waals surface area contributed by atoms with E-state index in [1.165, 1.54) is 23.3 Å². The zero-order valence-corrected chi connectivity index (χ0v) is 17.1. The fourth-order valence-corrected chi connectivity index (χ4v) is 3.63. The number of anilines is 2. The number of amides is 1. The molecule has 1 heterocycles. The Kier molecular flexibility index (Phi) is 7.75. The maximum atomic E-state index is 12.5. The van der Waals surface area contributed by atoms with Crippen molar-refractivity contribution in [3.8, 4) is 11.1 Å². The molecule has 3 nitrogen and oxygen atoms in total. The molecule has 0 aliphatic carbocycles. The molecule has 0 aliphatic heterocycles. The van der Waals surface area contributed by atoms with Crippen LogP contribution in [-0.4, -0.2) is 12.2 Å². The van der Waals surface area contributed by atoms with Crippen LogP contribution >= 0.6 is 23.3 Å². The van der Waals surface area contributed by atoms with Gasteiger partial charge in [-0.05, 0) is 53.3 Å². The Morgan fingerprint density at radius 1 is 0.962 bits per heavy atom. The van der Waals surface area contributed by atoms with Gasteiger partial charge in [-0.1, -0.05) is 56.1 Å². The number of rotatable bonds is 5. The average Bonchev–Trinajstić information content (AvgIpc) is 3.14. The van der Waals surface area contributed by atoms with Crippen molar-refractivity contribution in [1.82, 2.24) is 0 Å². The minimum Gasteiger partial charge on any atom is -0.330 e. The average molecular weight is 385 g/mol. The first-order chi connectivity index (χ1) is 12.7. The number of hydrogen-bond donors (Lipinski definition) is 2. The van der Waals surface area contributed by atoms with Crippen LogP contribution < -0.4 is 10.0 Å². The third kappa shape index (κ3) is 5.38. The molecule has 0 atom stereocenters. The third-order valence-electron chi connectivity index (χ3n) is 3.49. The number of carbonyl (C=O) groups excluding carboxylic acids is 1. The molecule has 5 heteroatoms. The van der Waals surface area contributed by atoms with Crippen LogP contribution in [0.2, 0.25) is 0 Å². The first-order valence-corrected chi connectivity index (χ1v) is 10.6. The van der Waals surface area contributed by atoms with E-state index in [2.05, 4.69) is 10.0 Å². The van der Waals surface area contributed by atoms with Crippen LogP contribution in [0.15, 0.2) is 60.0 Å². The smallest absolute Gasteiger partial charge is 0.265 e. The SMILES string of the molecule is CC.CSNc1cc(C)cc(NC(=O)c2cc(-c3ccccc3)cs2)c1. The van der Waals surface area contributed by atoms with Crippen LogP contribution in [-0.2, 0) is 0 Å². The van der Waals surface area contributed by atoms with Gasteiger partial charge in [-0.15, -0.1) is 11.3 Å². The summed E-state index contributed by atoms with van der Waals surface area (Å²) in [5.74, 6) is -0.0807. The number of aryl methyl sites for hydroxylation is 1. The summed E-state index contributed by atoms with van der Waals surface area (Å²) in [7, 11) is 0. The summed E-state index contributed by atoms with van der Waals surface area (Å²) in [5, 5.41) is 5.00. The van der Waals surface area contributed by atoms with Gasteiger partial charge < -0.3 is 10.0 Å². The number of thiophene rings is 1. The Balaban J connectivity index is 0.00000117. The Morgan fingerprint density at radius 3 is 2.35 bits per heavy atom. The van der Waals surface area contributed by atoms with Crippen LogP contribution in [0.5, 0.6) is 0 Å². The molecule has 0 radical (unpaired) electrons. The van der Waals surface area contributed by atoms with Gasteiger partial charge in [0.25, 0.3) is 5.91 Å². The lowest BCUT2D eigenvalue weighted by Gasteiger charge is -2.09. The van der Waals surface area contributed by atoms with Gasteiger partial charge in [-0.2, -0.15) is 0 Å². The molecule has 3 aromatic rings. The summed E-state index contributed by atoms with van der Waals surface area (Å²) in [4.78, 5) is 13.2. The van der Waals surface area contributed by atoms with Crippen LogP contribution in [0.4, 0.5) is 11.4 Å². The molecule has 0 aliphatic rings. The normalized spacial score (nSPS) is 9.85. The van der Waals surface area contributed by atoms with E-state index in [4.69, 9.17) is 0 Å². The quantitative estimate of drug-likeness (QED) is 0.481. The summed E-state index contributed by atoms with van der Waals surface area (Å²) >= 11 is 2.99. The molecule has 0 bridgehead atoms. The molecule has 26 heavy (non-hydrogen) atoms. The molecule has 3 rings (SSSR count). The van der Waals surface area contributed by atoms with Crippen LogP contribution in [0.25, 0.3) is 11.1 Å². The van der Waals surface area contributed by atoms with Gasteiger partial charge >= 0.3 is 0 Å². The fourth-order valence-electron chi connectivity index (χ4n) is 2.46. The fraction of sp³-hybridized carbons (Fsp3) is 0.190. The lowest BCUT2D eigenvalue weighted by atomic mass is 10.1. The zero-order valence-electron chi connectivity index (χ0n) is 15.5. The van der Waals surface area contributed by atoms with Gasteiger partial charge in [0.15, 0.2) is 0 Å². The molecule has 0 fully saturated rings. The van der Waals surface area contributed by atoms with Crippen molar-refractivity contribution in [3.05, 3.63) is 70.4 Å². The van der Waals surface area contributed by atoms with Crippen molar-refractivity contribution in [2.45, 2.75) is 20.8 Å². The van der Waals surface area contributed by atoms with E-state index in [1.807, 2.05) is 87.0 Å². The van der Waals surface area contributed by atoms with E-state index in [0.29, 0.717) is 4.88 Å². The van der Waals surface area contributed by atoms with Gasteiger partial charge in [0.1, 0.15) is 0 Å². The predicted molar refractivity (Wildman–Crippen MR) is 117 cm³/mol. The van der Waals surface area contributed by atoms with E-state index in [0.717, 1.165) is 28.1 Å². The highest BCUT2D eigenvalue weighted by Crippen LogP contribution is 2.27. The molecule has 136 valence electrons. The summed E-state index contributed by atoms with van der Waals surface area (Å²) < 4.78 is 3.20. The van der Waals surface area contributed by atoms with Crippen molar-refractivity contribution in [3.63, 3.8) is 0 Å². The molecule has 0 spiro atoms. The van der Waals surface area contributed by atoms with Gasteiger partial charge in [0.2, 0.25) is 0 Å². The zero-order chi connectivity index (χ0) is 18.9. The van der Waals surface area contributed by atoms with E-state index >= 15 is 0 Å². The topological polar surface area (TPSA) is 41.1 Å².